The van der Waals surface area contributed by atoms with Crippen molar-refractivity contribution in [1.29, 1.82) is 0 Å². The third kappa shape index (κ3) is 2.49. The van der Waals surface area contributed by atoms with Crippen LogP contribution in [-0.2, 0) is 6.54 Å². The van der Waals surface area contributed by atoms with Crippen LogP contribution in [0.1, 0.15) is 18.4 Å². The van der Waals surface area contributed by atoms with Crippen LogP contribution in [0.4, 0.5) is 11.4 Å². The summed E-state index contributed by atoms with van der Waals surface area (Å²) < 4.78 is 0. The first-order valence-corrected chi connectivity index (χ1v) is 5.39. The molecule has 0 bridgehead atoms. The number of anilines is 1. The molecule has 0 unspecified atom stereocenters. The van der Waals surface area contributed by atoms with Crippen LogP contribution in [0.5, 0.6) is 0 Å². The lowest BCUT2D eigenvalue weighted by Gasteiger charge is -2.06. The van der Waals surface area contributed by atoms with Gasteiger partial charge in [0.1, 0.15) is 5.69 Å². The third-order valence-corrected chi connectivity index (χ3v) is 2.70. The van der Waals surface area contributed by atoms with Crippen LogP contribution in [0.25, 0.3) is 0 Å². The molecule has 1 aromatic carbocycles. The molecule has 2 N–H and O–H groups in total. The topological polar surface area (TPSA) is 67.2 Å². The highest BCUT2D eigenvalue weighted by Crippen LogP contribution is 2.25. The summed E-state index contributed by atoms with van der Waals surface area (Å²) in [5, 5.41) is 17.0. The van der Waals surface area contributed by atoms with Crippen LogP contribution in [-0.4, -0.2) is 18.0 Å². The van der Waals surface area contributed by atoms with E-state index in [0.29, 0.717) is 18.3 Å². The quantitative estimate of drug-likeness (QED) is 0.588. The van der Waals surface area contributed by atoms with Gasteiger partial charge in [0.05, 0.1) is 4.92 Å². The minimum Gasteiger partial charge on any atom is -0.383 e. The highest BCUT2D eigenvalue weighted by atomic mass is 16.6. The molecule has 0 radical (unpaired) electrons. The number of benzene rings is 1. The highest BCUT2D eigenvalue weighted by Gasteiger charge is 2.20. The zero-order chi connectivity index (χ0) is 11.5. The second-order valence-corrected chi connectivity index (χ2v) is 4.01. The van der Waals surface area contributed by atoms with Crippen molar-refractivity contribution in [2.75, 3.05) is 12.4 Å². The number of nitrogens with one attached hydrogen (secondary N) is 2. The van der Waals surface area contributed by atoms with E-state index in [2.05, 4.69) is 10.6 Å². The van der Waals surface area contributed by atoms with Crippen LogP contribution in [0, 0.1) is 10.1 Å². The maximum absolute atomic E-state index is 10.8. The molecule has 0 aliphatic heterocycles. The molecule has 0 heterocycles. The van der Waals surface area contributed by atoms with Crippen LogP contribution in [0.3, 0.4) is 0 Å². The fourth-order valence-electron chi connectivity index (χ4n) is 1.60. The number of nitrogens with zero attached hydrogens (tertiary/aromatic N) is 1. The molecule has 5 nitrogen and oxygen atoms in total. The number of hydrogen-bond donors (Lipinski definition) is 2. The molecular formula is C11H15N3O2. The summed E-state index contributed by atoms with van der Waals surface area (Å²) in [6.45, 7) is 0.704. The summed E-state index contributed by atoms with van der Waals surface area (Å²) in [7, 11) is 1.68. The normalized spacial score (nSPS) is 14.8. The third-order valence-electron chi connectivity index (χ3n) is 2.70. The number of rotatable bonds is 5. The Morgan fingerprint density at radius 1 is 1.50 bits per heavy atom. The van der Waals surface area contributed by atoms with Crippen molar-refractivity contribution in [3.8, 4) is 0 Å². The van der Waals surface area contributed by atoms with Crippen LogP contribution in [0.2, 0.25) is 0 Å². The minimum absolute atomic E-state index is 0.137. The van der Waals surface area contributed by atoms with E-state index in [0.717, 1.165) is 5.56 Å². The van der Waals surface area contributed by atoms with Gasteiger partial charge < -0.3 is 10.6 Å². The smallest absolute Gasteiger partial charge is 0.292 e. The SMILES string of the molecule is CNc1ccc(CNC2CC2)cc1[N+](=O)[O-]. The van der Waals surface area contributed by atoms with Gasteiger partial charge in [-0.3, -0.25) is 10.1 Å². The van der Waals surface area contributed by atoms with Gasteiger partial charge in [0.15, 0.2) is 0 Å². The van der Waals surface area contributed by atoms with E-state index >= 15 is 0 Å². The Morgan fingerprint density at radius 2 is 2.25 bits per heavy atom. The van der Waals surface area contributed by atoms with Crippen molar-refractivity contribution in [3.05, 3.63) is 33.9 Å². The Labute approximate surface area is 94.0 Å². The average molecular weight is 221 g/mol. The molecule has 1 aromatic rings. The first-order valence-electron chi connectivity index (χ1n) is 5.39. The van der Waals surface area contributed by atoms with Crippen LogP contribution >= 0.6 is 0 Å². The molecular weight excluding hydrogens is 206 g/mol. The van der Waals surface area contributed by atoms with Crippen molar-refractivity contribution in [2.45, 2.75) is 25.4 Å². The zero-order valence-corrected chi connectivity index (χ0v) is 9.19. The Kier molecular flexibility index (Phi) is 3.05. The molecule has 0 atom stereocenters. The van der Waals surface area contributed by atoms with Gasteiger partial charge in [-0.25, -0.2) is 0 Å². The van der Waals surface area contributed by atoms with Crippen molar-refractivity contribution < 1.29 is 4.92 Å². The van der Waals surface area contributed by atoms with E-state index in [4.69, 9.17) is 0 Å². The zero-order valence-electron chi connectivity index (χ0n) is 9.19. The first-order chi connectivity index (χ1) is 7.70. The molecule has 5 heteroatoms. The highest BCUT2D eigenvalue weighted by molar-refractivity contribution is 5.62. The van der Waals surface area contributed by atoms with Gasteiger partial charge >= 0.3 is 0 Å². The van der Waals surface area contributed by atoms with Crippen LogP contribution in [0.15, 0.2) is 18.2 Å². The molecule has 1 aliphatic carbocycles. The molecule has 0 spiro atoms. The van der Waals surface area contributed by atoms with Gasteiger partial charge in [0.2, 0.25) is 0 Å². The average Bonchev–Trinajstić information content (AvgIpc) is 3.09. The monoisotopic (exact) mass is 221 g/mol. The molecule has 0 aromatic heterocycles. The van der Waals surface area contributed by atoms with Gasteiger partial charge in [-0.2, -0.15) is 0 Å². The fourth-order valence-corrected chi connectivity index (χ4v) is 1.60. The van der Waals surface area contributed by atoms with E-state index in [9.17, 15) is 10.1 Å². The Bertz CT molecular complexity index is 402. The molecule has 16 heavy (non-hydrogen) atoms. The van der Waals surface area contributed by atoms with Gasteiger partial charge in [-0.1, -0.05) is 6.07 Å². The van der Waals surface area contributed by atoms with Gasteiger partial charge in [0, 0.05) is 25.7 Å². The summed E-state index contributed by atoms with van der Waals surface area (Å²) >= 11 is 0. The number of nitro benzene ring substituents is 1. The summed E-state index contributed by atoms with van der Waals surface area (Å²) in [6, 6.07) is 5.90. The van der Waals surface area contributed by atoms with Crippen molar-refractivity contribution in [2.24, 2.45) is 0 Å². The number of hydrogen-bond acceptors (Lipinski definition) is 4. The van der Waals surface area contributed by atoms with Gasteiger partial charge in [-0.05, 0) is 24.5 Å². The molecule has 86 valence electrons. The molecule has 0 amide bonds. The molecule has 1 aliphatic rings. The van der Waals surface area contributed by atoms with Crippen LogP contribution < -0.4 is 10.6 Å². The minimum atomic E-state index is -0.355. The van der Waals surface area contributed by atoms with E-state index in [1.54, 1.807) is 19.2 Å². The molecule has 2 rings (SSSR count). The molecule has 1 saturated carbocycles. The molecule has 0 saturated heterocycles. The van der Waals surface area contributed by atoms with E-state index in [-0.39, 0.29) is 10.6 Å². The van der Waals surface area contributed by atoms with Gasteiger partial charge in [0.25, 0.3) is 5.69 Å². The summed E-state index contributed by atoms with van der Waals surface area (Å²) in [4.78, 5) is 10.5. The lowest BCUT2D eigenvalue weighted by atomic mass is 10.1. The second-order valence-electron chi connectivity index (χ2n) is 4.01. The van der Waals surface area contributed by atoms with Crippen molar-refractivity contribution in [1.82, 2.24) is 5.32 Å². The van der Waals surface area contributed by atoms with Gasteiger partial charge in [-0.15, -0.1) is 0 Å². The summed E-state index contributed by atoms with van der Waals surface area (Å²) in [5.41, 5.74) is 1.65. The summed E-state index contributed by atoms with van der Waals surface area (Å²) in [5.74, 6) is 0. The second kappa shape index (κ2) is 4.49. The maximum atomic E-state index is 10.8. The maximum Gasteiger partial charge on any atom is 0.292 e. The fraction of sp³-hybridized carbons (Fsp3) is 0.455. The number of nitro groups is 1. The Balaban J connectivity index is 2.13. The van der Waals surface area contributed by atoms with E-state index in [1.165, 1.54) is 12.8 Å². The van der Waals surface area contributed by atoms with E-state index in [1.807, 2.05) is 6.07 Å². The van der Waals surface area contributed by atoms with Crippen molar-refractivity contribution >= 4 is 11.4 Å². The summed E-state index contributed by atoms with van der Waals surface area (Å²) in [6.07, 6.45) is 2.44. The Morgan fingerprint density at radius 3 is 2.81 bits per heavy atom. The Hall–Kier alpha value is -1.62. The predicted molar refractivity (Wildman–Crippen MR) is 62.5 cm³/mol. The van der Waals surface area contributed by atoms with E-state index < -0.39 is 0 Å². The van der Waals surface area contributed by atoms with Crippen molar-refractivity contribution in [3.63, 3.8) is 0 Å². The lowest BCUT2D eigenvalue weighted by Crippen LogP contribution is -2.15. The largest absolute Gasteiger partial charge is 0.383 e. The standard InChI is InChI=1S/C11H15N3O2/c1-12-10-5-2-8(6-11(10)14(15)16)7-13-9-3-4-9/h2,5-6,9,12-13H,3-4,7H2,1H3. The molecule has 1 fully saturated rings. The predicted octanol–water partition coefficient (Wildman–Crippen LogP) is 1.89. The lowest BCUT2D eigenvalue weighted by molar-refractivity contribution is -0.384. The first kappa shape index (κ1) is 10.9.